The van der Waals surface area contributed by atoms with Crippen molar-refractivity contribution >= 4 is 11.6 Å². The number of oxime groups is 1. The van der Waals surface area contributed by atoms with E-state index in [9.17, 15) is 9.18 Å². The molecule has 172 valence electrons. The number of hydrogen-bond donors (Lipinski definition) is 0. The van der Waals surface area contributed by atoms with Crippen molar-refractivity contribution in [2.45, 2.75) is 46.3 Å². The second kappa shape index (κ2) is 10.0. The summed E-state index contributed by atoms with van der Waals surface area (Å²) in [5, 5.41) is 4.25. The van der Waals surface area contributed by atoms with Gasteiger partial charge in [-0.2, -0.15) is 0 Å². The van der Waals surface area contributed by atoms with E-state index >= 15 is 0 Å². The number of amides is 1. The zero-order chi connectivity index (χ0) is 23.3. The van der Waals surface area contributed by atoms with Gasteiger partial charge in [-0.05, 0) is 41.3 Å². The van der Waals surface area contributed by atoms with Gasteiger partial charge in [-0.1, -0.05) is 38.1 Å². The van der Waals surface area contributed by atoms with Crippen molar-refractivity contribution in [2.24, 2.45) is 10.6 Å². The van der Waals surface area contributed by atoms with E-state index in [1.165, 1.54) is 12.1 Å². The van der Waals surface area contributed by atoms with E-state index in [1.807, 2.05) is 45.0 Å². The predicted octanol–water partition coefficient (Wildman–Crippen LogP) is 4.80. The van der Waals surface area contributed by atoms with Crippen LogP contribution in [-0.4, -0.2) is 43.4 Å². The topological polar surface area (TPSA) is 60.4 Å². The van der Waals surface area contributed by atoms with Crippen molar-refractivity contribution < 1.29 is 23.5 Å². The Labute approximate surface area is 189 Å². The Balaban J connectivity index is 1.72. The van der Waals surface area contributed by atoms with Crippen molar-refractivity contribution in [1.82, 2.24) is 4.90 Å². The number of ether oxygens (including phenoxy) is 2. The van der Waals surface area contributed by atoms with Crippen LogP contribution in [0.2, 0.25) is 0 Å². The molecule has 0 aliphatic carbocycles. The maximum atomic E-state index is 13.7. The average Bonchev–Trinajstić information content (AvgIpc) is 3.20. The van der Waals surface area contributed by atoms with Crippen LogP contribution < -0.4 is 9.47 Å². The number of nitrogens with zero attached hydrogens (tertiary/aromatic N) is 2. The smallest absolute Gasteiger partial charge is 0.223 e. The molecule has 0 bridgehead atoms. The molecule has 2 aromatic carbocycles. The Kier molecular flexibility index (Phi) is 7.38. The van der Waals surface area contributed by atoms with Crippen molar-refractivity contribution in [3.05, 3.63) is 59.4 Å². The lowest BCUT2D eigenvalue weighted by Gasteiger charge is -2.28. The molecule has 7 heteroatoms. The van der Waals surface area contributed by atoms with Gasteiger partial charge in [-0.15, -0.1) is 0 Å². The van der Waals surface area contributed by atoms with Gasteiger partial charge < -0.3 is 19.2 Å². The highest BCUT2D eigenvalue weighted by atomic mass is 19.1. The second-order valence-corrected chi connectivity index (χ2v) is 9.18. The van der Waals surface area contributed by atoms with Crippen LogP contribution in [-0.2, 0) is 16.2 Å². The van der Waals surface area contributed by atoms with E-state index in [1.54, 1.807) is 25.2 Å². The predicted molar refractivity (Wildman–Crippen MR) is 121 cm³/mol. The Morgan fingerprint density at radius 3 is 2.56 bits per heavy atom. The monoisotopic (exact) mass is 442 g/mol. The zero-order valence-corrected chi connectivity index (χ0v) is 19.4. The largest absolute Gasteiger partial charge is 0.493 e. The Hall–Kier alpha value is -3.09. The van der Waals surface area contributed by atoms with Crippen LogP contribution in [0.4, 0.5) is 4.39 Å². The summed E-state index contributed by atoms with van der Waals surface area (Å²) in [4.78, 5) is 20.5. The molecule has 0 unspecified atom stereocenters. The molecule has 1 heterocycles. The normalized spacial score (nSPS) is 15.7. The SMILES string of the molecule is COc1ccc(C2=NO[C@H](CN(Cc3cccc(F)c3)C(=O)CC(C)(C)C)C2)cc1OC. The summed E-state index contributed by atoms with van der Waals surface area (Å²) < 4.78 is 24.4. The summed E-state index contributed by atoms with van der Waals surface area (Å²) in [6, 6.07) is 11.9. The minimum atomic E-state index is -0.318. The first-order valence-corrected chi connectivity index (χ1v) is 10.7. The molecule has 0 aromatic heterocycles. The molecule has 1 aliphatic heterocycles. The molecule has 0 saturated heterocycles. The summed E-state index contributed by atoms with van der Waals surface area (Å²) in [6.45, 7) is 6.75. The van der Waals surface area contributed by atoms with Gasteiger partial charge in [-0.3, -0.25) is 4.79 Å². The zero-order valence-electron chi connectivity index (χ0n) is 19.4. The molecule has 32 heavy (non-hydrogen) atoms. The highest BCUT2D eigenvalue weighted by Gasteiger charge is 2.29. The summed E-state index contributed by atoms with van der Waals surface area (Å²) in [5.74, 6) is 0.942. The molecular formula is C25H31FN2O4. The van der Waals surface area contributed by atoms with Crippen LogP contribution in [0.3, 0.4) is 0 Å². The van der Waals surface area contributed by atoms with Gasteiger partial charge in [0.1, 0.15) is 5.82 Å². The van der Waals surface area contributed by atoms with Crippen molar-refractivity contribution in [3.63, 3.8) is 0 Å². The summed E-state index contributed by atoms with van der Waals surface area (Å²) in [7, 11) is 3.17. The molecule has 1 aliphatic rings. The van der Waals surface area contributed by atoms with E-state index in [4.69, 9.17) is 14.3 Å². The number of halogens is 1. The van der Waals surface area contributed by atoms with E-state index in [-0.39, 0.29) is 23.2 Å². The first-order valence-electron chi connectivity index (χ1n) is 10.7. The third kappa shape index (κ3) is 6.22. The first-order chi connectivity index (χ1) is 15.2. The van der Waals surface area contributed by atoms with Gasteiger partial charge in [0.25, 0.3) is 0 Å². The van der Waals surface area contributed by atoms with Crippen LogP contribution >= 0.6 is 0 Å². The molecule has 0 spiro atoms. The molecule has 1 atom stereocenters. The van der Waals surface area contributed by atoms with Crippen LogP contribution in [0.1, 0.15) is 44.7 Å². The molecule has 3 rings (SSSR count). The summed E-state index contributed by atoms with van der Waals surface area (Å²) in [6.07, 6.45) is 0.659. The number of methoxy groups -OCH3 is 2. The number of carbonyl (C=O) groups is 1. The maximum Gasteiger partial charge on any atom is 0.223 e. The average molecular weight is 443 g/mol. The van der Waals surface area contributed by atoms with E-state index in [0.717, 1.165) is 16.8 Å². The van der Waals surface area contributed by atoms with Crippen LogP contribution in [0, 0.1) is 11.2 Å². The summed E-state index contributed by atoms with van der Waals surface area (Å²) >= 11 is 0. The molecule has 0 fully saturated rings. The Bertz CT molecular complexity index is 984. The molecular weight excluding hydrogens is 411 g/mol. The third-order valence-electron chi connectivity index (χ3n) is 5.17. The van der Waals surface area contributed by atoms with Gasteiger partial charge >= 0.3 is 0 Å². The van der Waals surface area contributed by atoms with Crippen molar-refractivity contribution in [2.75, 3.05) is 20.8 Å². The highest BCUT2D eigenvalue weighted by Crippen LogP contribution is 2.30. The van der Waals surface area contributed by atoms with Gasteiger partial charge in [-0.25, -0.2) is 4.39 Å². The van der Waals surface area contributed by atoms with E-state index < -0.39 is 0 Å². The minimum absolute atomic E-state index is 0.00456. The van der Waals surface area contributed by atoms with E-state index in [2.05, 4.69) is 5.16 Å². The van der Waals surface area contributed by atoms with Crippen LogP contribution in [0.15, 0.2) is 47.6 Å². The van der Waals surface area contributed by atoms with Crippen LogP contribution in [0.25, 0.3) is 0 Å². The standard InChI is InChI=1S/C25H31FN2O4/c1-25(2,3)14-24(29)28(15-17-7-6-8-19(26)11-17)16-20-13-21(27-32-20)18-9-10-22(30-4)23(12-18)31-5/h6-12,20H,13-16H2,1-5H3/t20-/m0/s1. The second-order valence-electron chi connectivity index (χ2n) is 9.18. The lowest BCUT2D eigenvalue weighted by atomic mass is 9.91. The molecule has 6 nitrogen and oxygen atoms in total. The highest BCUT2D eigenvalue weighted by molar-refractivity contribution is 6.01. The Morgan fingerprint density at radius 1 is 1.16 bits per heavy atom. The number of rotatable bonds is 8. The van der Waals surface area contributed by atoms with E-state index in [0.29, 0.717) is 37.4 Å². The number of benzene rings is 2. The maximum absolute atomic E-state index is 13.7. The molecule has 0 radical (unpaired) electrons. The van der Waals surface area contributed by atoms with Crippen LogP contribution in [0.5, 0.6) is 11.5 Å². The lowest BCUT2D eigenvalue weighted by Crippen LogP contribution is -2.38. The van der Waals surface area contributed by atoms with Crippen molar-refractivity contribution in [3.8, 4) is 11.5 Å². The van der Waals surface area contributed by atoms with Crippen molar-refractivity contribution in [1.29, 1.82) is 0 Å². The van der Waals surface area contributed by atoms with Gasteiger partial charge in [0.2, 0.25) is 5.91 Å². The molecule has 0 N–H and O–H groups in total. The minimum Gasteiger partial charge on any atom is -0.493 e. The van der Waals surface area contributed by atoms with Gasteiger partial charge in [0.15, 0.2) is 17.6 Å². The fourth-order valence-electron chi connectivity index (χ4n) is 3.63. The fourth-order valence-corrected chi connectivity index (χ4v) is 3.63. The van der Waals surface area contributed by atoms with Gasteiger partial charge in [0.05, 0.1) is 26.5 Å². The number of carbonyl (C=O) groups excluding carboxylic acids is 1. The summed E-state index contributed by atoms with van der Waals surface area (Å²) in [5.41, 5.74) is 2.24. The Morgan fingerprint density at radius 2 is 1.91 bits per heavy atom. The lowest BCUT2D eigenvalue weighted by molar-refractivity contribution is -0.135. The molecule has 2 aromatic rings. The quantitative estimate of drug-likeness (QED) is 0.589. The third-order valence-corrected chi connectivity index (χ3v) is 5.17. The molecule has 0 saturated carbocycles. The number of hydrogen-bond acceptors (Lipinski definition) is 5. The fraction of sp³-hybridized carbons (Fsp3) is 0.440. The first kappa shape index (κ1) is 23.6. The van der Waals surface area contributed by atoms with Gasteiger partial charge in [0, 0.05) is 24.9 Å². The molecule has 1 amide bonds.